The van der Waals surface area contributed by atoms with Crippen molar-refractivity contribution in [3.8, 4) is 44.0 Å². The topological polar surface area (TPSA) is 16.1 Å². The zero-order chi connectivity index (χ0) is 37.7. The third kappa shape index (κ3) is 6.16. The predicted octanol–water partition coefficient (Wildman–Crippen LogP) is 16.0. The van der Waals surface area contributed by atoms with Gasteiger partial charge in [-0.2, -0.15) is 0 Å². The first-order valence-electron chi connectivity index (χ1n) is 19.2. The van der Waals surface area contributed by atoms with Gasteiger partial charge in [-0.1, -0.05) is 140 Å². The Morgan fingerprint density at radius 1 is 0.351 bits per heavy atom. The molecule has 0 radical (unpaired) electrons. The normalized spacial score (nSPS) is 11.5. The highest BCUT2D eigenvalue weighted by Gasteiger charge is 2.17. The zero-order valence-electron chi connectivity index (χ0n) is 30.8. The minimum Gasteiger partial charge on any atom is -0.310 e. The van der Waals surface area contributed by atoms with Gasteiger partial charge in [-0.15, -0.1) is 22.7 Å². The molecule has 0 atom stereocenters. The Bertz CT molecular complexity index is 3220. The van der Waals surface area contributed by atoms with E-state index in [4.69, 9.17) is 4.98 Å². The monoisotopic (exact) mass is 762 g/mol. The highest BCUT2D eigenvalue weighted by molar-refractivity contribution is 7.28. The molecule has 11 rings (SSSR count). The summed E-state index contributed by atoms with van der Waals surface area (Å²) >= 11 is 3.65. The molecule has 2 aromatic heterocycles. The number of fused-ring (bicyclic) bond motifs is 6. The van der Waals surface area contributed by atoms with E-state index in [0.717, 1.165) is 33.1 Å². The van der Waals surface area contributed by atoms with Crippen molar-refractivity contribution in [2.75, 3.05) is 4.90 Å². The fourth-order valence-electron chi connectivity index (χ4n) is 8.01. The van der Waals surface area contributed by atoms with Gasteiger partial charge in [0.1, 0.15) is 5.01 Å². The van der Waals surface area contributed by atoms with E-state index in [9.17, 15) is 0 Å². The van der Waals surface area contributed by atoms with Crippen molar-refractivity contribution in [2.45, 2.75) is 0 Å². The number of hydrogen-bond acceptors (Lipinski definition) is 4. The van der Waals surface area contributed by atoms with Crippen LogP contribution in [-0.2, 0) is 0 Å². The van der Waals surface area contributed by atoms with Crippen LogP contribution in [0.4, 0.5) is 17.1 Å². The zero-order valence-corrected chi connectivity index (χ0v) is 32.5. The molecule has 0 N–H and O–H groups in total. The number of nitrogens with zero attached hydrogens (tertiary/aromatic N) is 2. The van der Waals surface area contributed by atoms with Gasteiger partial charge in [0.15, 0.2) is 0 Å². The van der Waals surface area contributed by atoms with Crippen molar-refractivity contribution in [1.29, 1.82) is 0 Å². The molecule has 11 aromatic rings. The summed E-state index contributed by atoms with van der Waals surface area (Å²) < 4.78 is 3.85. The maximum atomic E-state index is 5.05. The van der Waals surface area contributed by atoms with Crippen molar-refractivity contribution in [3.63, 3.8) is 0 Å². The first-order valence-corrected chi connectivity index (χ1v) is 20.8. The molecule has 57 heavy (non-hydrogen) atoms. The summed E-state index contributed by atoms with van der Waals surface area (Å²) in [5.74, 6) is 0. The number of rotatable bonds is 7. The number of hydrogen-bond donors (Lipinski definition) is 0. The van der Waals surface area contributed by atoms with Gasteiger partial charge in [-0.3, -0.25) is 0 Å². The Morgan fingerprint density at radius 2 is 0.912 bits per heavy atom. The van der Waals surface area contributed by atoms with Crippen LogP contribution in [0.15, 0.2) is 206 Å². The molecule has 0 aliphatic rings. The third-order valence-corrected chi connectivity index (χ3v) is 13.2. The fourth-order valence-corrected chi connectivity index (χ4v) is 10.3. The molecule has 4 heteroatoms. The summed E-state index contributed by atoms with van der Waals surface area (Å²) in [4.78, 5) is 7.41. The summed E-state index contributed by atoms with van der Waals surface area (Å²) in [7, 11) is 0. The lowest BCUT2D eigenvalue weighted by atomic mass is 10.00. The van der Waals surface area contributed by atoms with E-state index in [1.165, 1.54) is 69.0 Å². The molecule has 0 saturated heterocycles. The van der Waals surface area contributed by atoms with Crippen molar-refractivity contribution in [3.05, 3.63) is 206 Å². The molecule has 0 saturated carbocycles. The van der Waals surface area contributed by atoms with Gasteiger partial charge in [-0.05, 0) is 111 Å². The SMILES string of the molecule is c1ccc(-c2ccc(N(c3ccc(-c4ccc5sc6ccc7nc(-c8ccccc8)sc7c6c5c4)cc3)c3cccc(-c4ccc5ccccc5c4)c3)cc2)cc1. The van der Waals surface area contributed by atoms with Gasteiger partial charge in [-0.25, -0.2) is 4.98 Å². The molecule has 0 unspecified atom stereocenters. The van der Waals surface area contributed by atoms with E-state index in [2.05, 4.69) is 211 Å². The average Bonchev–Trinajstić information content (AvgIpc) is 3.89. The van der Waals surface area contributed by atoms with E-state index in [0.29, 0.717) is 0 Å². The van der Waals surface area contributed by atoms with Crippen molar-refractivity contribution in [1.82, 2.24) is 4.98 Å². The maximum Gasteiger partial charge on any atom is 0.124 e. The average molecular weight is 763 g/mol. The molecule has 0 spiro atoms. The highest BCUT2D eigenvalue weighted by atomic mass is 32.1. The summed E-state index contributed by atoms with van der Waals surface area (Å²) in [6.07, 6.45) is 0. The minimum absolute atomic E-state index is 1.06. The predicted molar refractivity (Wildman–Crippen MR) is 246 cm³/mol. The number of thiazole rings is 1. The number of anilines is 3. The number of aromatic nitrogens is 1. The van der Waals surface area contributed by atoms with Gasteiger partial charge in [0.25, 0.3) is 0 Å². The van der Waals surface area contributed by atoms with E-state index in [1.807, 2.05) is 11.3 Å². The van der Waals surface area contributed by atoms with Crippen LogP contribution in [0, 0.1) is 0 Å². The van der Waals surface area contributed by atoms with Gasteiger partial charge in [0, 0.05) is 42.8 Å². The van der Waals surface area contributed by atoms with E-state index in [1.54, 1.807) is 11.3 Å². The smallest absolute Gasteiger partial charge is 0.124 e. The van der Waals surface area contributed by atoms with E-state index >= 15 is 0 Å². The fraction of sp³-hybridized carbons (Fsp3) is 0. The van der Waals surface area contributed by atoms with Crippen LogP contribution in [0.25, 0.3) is 85.1 Å². The highest BCUT2D eigenvalue weighted by Crippen LogP contribution is 2.44. The van der Waals surface area contributed by atoms with Gasteiger partial charge < -0.3 is 4.90 Å². The Morgan fingerprint density at radius 3 is 1.67 bits per heavy atom. The van der Waals surface area contributed by atoms with Crippen LogP contribution in [0.5, 0.6) is 0 Å². The quantitative estimate of drug-likeness (QED) is 0.161. The van der Waals surface area contributed by atoms with E-state index < -0.39 is 0 Å². The molecule has 0 fully saturated rings. The molecular weight excluding hydrogens is 729 g/mol. The molecule has 0 aliphatic heterocycles. The summed E-state index contributed by atoms with van der Waals surface area (Å²) in [6, 6.07) is 74.6. The van der Waals surface area contributed by atoms with Gasteiger partial charge in [0.2, 0.25) is 0 Å². The van der Waals surface area contributed by atoms with Crippen LogP contribution in [-0.4, -0.2) is 4.98 Å². The minimum atomic E-state index is 1.06. The van der Waals surface area contributed by atoms with E-state index in [-0.39, 0.29) is 0 Å². The first kappa shape index (κ1) is 33.5. The Hall–Kier alpha value is -6.85. The molecule has 2 heterocycles. The molecule has 268 valence electrons. The maximum absolute atomic E-state index is 5.05. The van der Waals surface area contributed by atoms with Gasteiger partial charge >= 0.3 is 0 Å². The largest absolute Gasteiger partial charge is 0.310 e. The molecule has 0 bridgehead atoms. The molecular formula is C53H34N2S2. The second kappa shape index (κ2) is 14.0. The number of thiophene rings is 1. The van der Waals surface area contributed by atoms with Crippen LogP contribution < -0.4 is 4.90 Å². The van der Waals surface area contributed by atoms with Crippen molar-refractivity contribution < 1.29 is 0 Å². The van der Waals surface area contributed by atoms with Crippen LogP contribution in [0.2, 0.25) is 0 Å². The second-order valence-corrected chi connectivity index (χ2v) is 16.5. The van der Waals surface area contributed by atoms with Crippen LogP contribution in [0.3, 0.4) is 0 Å². The van der Waals surface area contributed by atoms with Crippen LogP contribution >= 0.6 is 22.7 Å². The van der Waals surface area contributed by atoms with Gasteiger partial charge in [0.05, 0.1) is 10.2 Å². The molecule has 9 aromatic carbocycles. The Kier molecular flexibility index (Phi) is 8.24. The number of benzene rings is 9. The van der Waals surface area contributed by atoms with Crippen LogP contribution in [0.1, 0.15) is 0 Å². The lowest BCUT2D eigenvalue weighted by molar-refractivity contribution is 1.28. The summed E-state index contributed by atoms with van der Waals surface area (Å²) in [6.45, 7) is 0. The first-order chi connectivity index (χ1) is 28.2. The standard InChI is InChI=1S/C53H34N2S2/c1-3-10-35(11-4-1)37-20-25-44(26-21-37)55(46-17-9-16-41(33-46)42-19-18-36-12-7-8-15-40(36)32-42)45-27-22-38(23-28-45)43-24-30-49-47(34-43)51-50(56-49)31-29-48-52(51)57-53(54-48)39-13-5-2-6-14-39/h1-34H. The molecule has 2 nitrogen and oxygen atoms in total. The molecule has 0 aliphatic carbocycles. The summed E-state index contributed by atoms with van der Waals surface area (Å²) in [5, 5.41) is 6.15. The molecule has 0 amide bonds. The summed E-state index contributed by atoms with van der Waals surface area (Å²) in [5.41, 5.74) is 12.7. The van der Waals surface area contributed by atoms with Crippen molar-refractivity contribution in [2.24, 2.45) is 0 Å². The third-order valence-electron chi connectivity index (χ3n) is 10.9. The second-order valence-electron chi connectivity index (χ2n) is 14.4. The lowest BCUT2D eigenvalue weighted by Gasteiger charge is -2.26. The lowest BCUT2D eigenvalue weighted by Crippen LogP contribution is -2.10. The van der Waals surface area contributed by atoms with Crippen molar-refractivity contribution >= 4 is 80.9 Å². The Balaban J connectivity index is 0.988. The Labute approximate surface area is 339 Å².